The number of rotatable bonds is 0. The largest absolute Gasteiger partial charge is 0.340 e. The van der Waals surface area contributed by atoms with Crippen LogP contribution in [0.4, 0.5) is 0 Å². The first kappa shape index (κ1) is 8.81. The SMILES string of the molecule is CC(=O)N1CC2CC(C1)N2.Cl. The molecular formula is C7H13ClN2O. The van der Waals surface area contributed by atoms with Gasteiger partial charge in [0.25, 0.3) is 0 Å². The molecule has 3 saturated heterocycles. The summed E-state index contributed by atoms with van der Waals surface area (Å²) in [6.07, 6.45) is 1.27. The number of piperazine rings is 1. The molecule has 0 saturated carbocycles. The van der Waals surface area contributed by atoms with E-state index in [9.17, 15) is 4.79 Å². The summed E-state index contributed by atoms with van der Waals surface area (Å²) in [7, 11) is 0. The molecule has 4 heteroatoms. The summed E-state index contributed by atoms with van der Waals surface area (Å²) in [4.78, 5) is 12.8. The monoisotopic (exact) mass is 176 g/mol. The van der Waals surface area contributed by atoms with Gasteiger partial charge in [0.2, 0.25) is 5.91 Å². The predicted octanol–water partition coefficient (Wildman–Crippen LogP) is 0.000800. The van der Waals surface area contributed by atoms with Crippen molar-refractivity contribution >= 4 is 18.3 Å². The Morgan fingerprint density at radius 1 is 1.45 bits per heavy atom. The van der Waals surface area contributed by atoms with Crippen LogP contribution in [0.5, 0.6) is 0 Å². The minimum Gasteiger partial charge on any atom is -0.340 e. The van der Waals surface area contributed by atoms with Gasteiger partial charge in [0.1, 0.15) is 0 Å². The number of carbonyl (C=O) groups is 1. The van der Waals surface area contributed by atoms with Gasteiger partial charge in [-0.05, 0) is 6.42 Å². The molecule has 3 aliphatic heterocycles. The number of hydrogen-bond acceptors (Lipinski definition) is 2. The second-order valence-electron chi connectivity index (χ2n) is 3.22. The summed E-state index contributed by atoms with van der Waals surface area (Å²) in [6, 6.07) is 1.20. The summed E-state index contributed by atoms with van der Waals surface area (Å²) < 4.78 is 0. The molecule has 2 atom stereocenters. The van der Waals surface area contributed by atoms with E-state index in [1.807, 2.05) is 4.90 Å². The smallest absolute Gasteiger partial charge is 0.219 e. The number of fused-ring (bicyclic) bond motifs is 2. The summed E-state index contributed by atoms with van der Waals surface area (Å²) in [5.41, 5.74) is 0. The molecule has 0 radical (unpaired) electrons. The van der Waals surface area contributed by atoms with E-state index >= 15 is 0 Å². The van der Waals surface area contributed by atoms with Crippen molar-refractivity contribution in [3.63, 3.8) is 0 Å². The molecule has 1 amide bonds. The minimum atomic E-state index is 0. The van der Waals surface area contributed by atoms with Gasteiger partial charge in [-0.2, -0.15) is 0 Å². The summed E-state index contributed by atoms with van der Waals surface area (Å²) >= 11 is 0. The molecule has 11 heavy (non-hydrogen) atoms. The molecular weight excluding hydrogens is 164 g/mol. The first-order chi connectivity index (χ1) is 4.75. The van der Waals surface area contributed by atoms with Crippen LogP contribution in [-0.2, 0) is 4.79 Å². The third kappa shape index (κ3) is 1.49. The second kappa shape index (κ2) is 2.99. The molecule has 0 aromatic rings. The number of amides is 1. The zero-order chi connectivity index (χ0) is 7.14. The van der Waals surface area contributed by atoms with E-state index in [-0.39, 0.29) is 18.3 Å². The van der Waals surface area contributed by atoms with Crippen LogP contribution in [0, 0.1) is 0 Å². The molecule has 0 aromatic heterocycles. The lowest BCUT2D eigenvalue weighted by molar-refractivity contribution is -0.132. The van der Waals surface area contributed by atoms with Gasteiger partial charge in [-0.25, -0.2) is 0 Å². The Bertz CT molecular complexity index is 158. The topological polar surface area (TPSA) is 32.3 Å². The highest BCUT2D eigenvalue weighted by Gasteiger charge is 2.37. The molecule has 1 N–H and O–H groups in total. The van der Waals surface area contributed by atoms with Crippen molar-refractivity contribution in [2.75, 3.05) is 13.1 Å². The van der Waals surface area contributed by atoms with Crippen molar-refractivity contribution in [3.05, 3.63) is 0 Å². The van der Waals surface area contributed by atoms with Crippen LogP contribution < -0.4 is 5.32 Å². The van der Waals surface area contributed by atoms with Crippen LogP contribution >= 0.6 is 12.4 Å². The quantitative estimate of drug-likeness (QED) is 0.564. The first-order valence-electron chi connectivity index (χ1n) is 3.77. The number of nitrogens with zero attached hydrogens (tertiary/aromatic N) is 1. The Labute approximate surface area is 72.5 Å². The van der Waals surface area contributed by atoms with Crippen molar-refractivity contribution in [1.29, 1.82) is 0 Å². The van der Waals surface area contributed by atoms with Gasteiger partial charge in [-0.3, -0.25) is 4.79 Å². The summed E-state index contributed by atoms with van der Waals surface area (Å²) in [5.74, 6) is 0.219. The molecule has 0 aliphatic carbocycles. The summed E-state index contributed by atoms with van der Waals surface area (Å²) in [5, 5.41) is 3.37. The van der Waals surface area contributed by atoms with Gasteiger partial charge in [0.15, 0.2) is 0 Å². The Kier molecular flexibility index (Phi) is 2.40. The zero-order valence-electron chi connectivity index (χ0n) is 6.54. The molecule has 64 valence electrons. The van der Waals surface area contributed by atoms with Crippen molar-refractivity contribution in [2.24, 2.45) is 0 Å². The highest BCUT2D eigenvalue weighted by atomic mass is 35.5. The number of hydrogen-bond donors (Lipinski definition) is 1. The van der Waals surface area contributed by atoms with Gasteiger partial charge < -0.3 is 10.2 Å². The van der Waals surface area contributed by atoms with Crippen LogP contribution in [0.15, 0.2) is 0 Å². The van der Waals surface area contributed by atoms with E-state index in [4.69, 9.17) is 0 Å². The minimum absolute atomic E-state index is 0. The number of piperidine rings is 1. The van der Waals surface area contributed by atoms with Crippen LogP contribution in [0.2, 0.25) is 0 Å². The van der Waals surface area contributed by atoms with Crippen LogP contribution in [-0.4, -0.2) is 36.0 Å². The first-order valence-corrected chi connectivity index (χ1v) is 3.77. The molecule has 3 aliphatic rings. The molecule has 0 aromatic carbocycles. The Balaban J connectivity index is 0.000000605. The van der Waals surface area contributed by atoms with E-state index in [1.54, 1.807) is 6.92 Å². The Morgan fingerprint density at radius 2 is 1.91 bits per heavy atom. The lowest BCUT2D eigenvalue weighted by atomic mass is 9.91. The second-order valence-corrected chi connectivity index (χ2v) is 3.22. The maximum Gasteiger partial charge on any atom is 0.219 e. The standard InChI is InChI=1S/C7H12N2O.ClH/c1-5(10)9-3-6-2-7(4-9)8-6;/h6-8H,2-4H2,1H3;1H. The van der Waals surface area contributed by atoms with E-state index in [0.29, 0.717) is 12.1 Å². The molecule has 3 fully saturated rings. The van der Waals surface area contributed by atoms with Crippen molar-refractivity contribution < 1.29 is 4.79 Å². The fourth-order valence-electron chi connectivity index (χ4n) is 1.77. The fraction of sp³-hybridized carbons (Fsp3) is 0.857. The van der Waals surface area contributed by atoms with E-state index in [0.717, 1.165) is 13.1 Å². The molecule has 3 heterocycles. The third-order valence-electron chi connectivity index (χ3n) is 2.37. The number of carbonyl (C=O) groups excluding carboxylic acids is 1. The zero-order valence-corrected chi connectivity index (χ0v) is 7.36. The van der Waals surface area contributed by atoms with E-state index in [2.05, 4.69) is 5.32 Å². The Hall–Kier alpha value is -0.280. The summed E-state index contributed by atoms with van der Waals surface area (Å²) in [6.45, 7) is 3.49. The Morgan fingerprint density at radius 3 is 2.18 bits per heavy atom. The maximum absolute atomic E-state index is 10.9. The highest BCUT2D eigenvalue weighted by Crippen LogP contribution is 2.20. The van der Waals surface area contributed by atoms with Gasteiger partial charge in [-0.1, -0.05) is 0 Å². The molecule has 3 nitrogen and oxygen atoms in total. The van der Waals surface area contributed by atoms with Crippen LogP contribution in [0.25, 0.3) is 0 Å². The average Bonchev–Trinajstić information content (AvgIpc) is 1.86. The lowest BCUT2D eigenvalue weighted by Crippen LogP contribution is -2.67. The third-order valence-corrected chi connectivity index (χ3v) is 2.37. The van der Waals surface area contributed by atoms with Gasteiger partial charge in [-0.15, -0.1) is 12.4 Å². The van der Waals surface area contributed by atoms with Gasteiger partial charge >= 0.3 is 0 Å². The number of nitrogens with one attached hydrogen (secondary N) is 1. The van der Waals surface area contributed by atoms with Gasteiger partial charge in [0.05, 0.1) is 0 Å². The average molecular weight is 177 g/mol. The molecule has 0 spiro atoms. The van der Waals surface area contributed by atoms with Gasteiger partial charge in [0, 0.05) is 32.1 Å². The van der Waals surface area contributed by atoms with Crippen LogP contribution in [0.1, 0.15) is 13.3 Å². The highest BCUT2D eigenvalue weighted by molar-refractivity contribution is 5.85. The lowest BCUT2D eigenvalue weighted by Gasteiger charge is -2.48. The molecule has 2 bridgehead atoms. The molecule has 3 rings (SSSR count). The van der Waals surface area contributed by atoms with Crippen molar-refractivity contribution in [1.82, 2.24) is 10.2 Å². The fourth-order valence-corrected chi connectivity index (χ4v) is 1.77. The maximum atomic E-state index is 10.9. The van der Waals surface area contributed by atoms with E-state index < -0.39 is 0 Å². The number of halogens is 1. The van der Waals surface area contributed by atoms with Crippen LogP contribution in [0.3, 0.4) is 0 Å². The van der Waals surface area contributed by atoms with Crippen molar-refractivity contribution in [3.8, 4) is 0 Å². The van der Waals surface area contributed by atoms with E-state index in [1.165, 1.54) is 6.42 Å². The van der Waals surface area contributed by atoms with Crippen molar-refractivity contribution in [2.45, 2.75) is 25.4 Å². The molecule has 2 unspecified atom stereocenters. The predicted molar refractivity (Wildman–Crippen MR) is 44.8 cm³/mol. The normalized spacial score (nSPS) is 33.7.